The molecule has 0 bridgehead atoms. The number of alkyl halides is 6. The second-order valence-corrected chi connectivity index (χ2v) is 9.14. The van der Waals surface area contributed by atoms with Crippen LogP contribution in [0.2, 0.25) is 10.0 Å². The summed E-state index contributed by atoms with van der Waals surface area (Å²) in [6, 6.07) is 13.6. The highest BCUT2D eigenvalue weighted by molar-refractivity contribution is 6.38. The van der Waals surface area contributed by atoms with Gasteiger partial charge in [0.05, 0.1) is 44.0 Å². The third-order valence-electron chi connectivity index (χ3n) is 5.90. The van der Waals surface area contributed by atoms with Crippen LogP contribution in [0.15, 0.2) is 66.9 Å². The van der Waals surface area contributed by atoms with Crippen molar-refractivity contribution in [3.05, 3.63) is 99.2 Å². The molecule has 0 amide bonds. The lowest BCUT2D eigenvalue weighted by molar-refractivity contribution is -0.257. The van der Waals surface area contributed by atoms with E-state index in [-0.39, 0.29) is 27.7 Å². The van der Waals surface area contributed by atoms with E-state index in [0.29, 0.717) is 19.1 Å². The Hall–Kier alpha value is -3.68. The predicted octanol–water partition coefficient (Wildman–Crippen LogP) is 8.46. The number of benzene rings is 3. The first-order valence-corrected chi connectivity index (χ1v) is 11.4. The van der Waals surface area contributed by atoms with E-state index in [1.807, 2.05) is 6.07 Å². The molecule has 1 aromatic heterocycles. The van der Waals surface area contributed by atoms with E-state index in [1.165, 1.54) is 36.4 Å². The predicted molar refractivity (Wildman–Crippen MR) is 128 cm³/mol. The molecule has 3 aromatic carbocycles. The summed E-state index contributed by atoms with van der Waals surface area (Å²) in [5, 5.41) is 7.98. The van der Waals surface area contributed by atoms with Gasteiger partial charge in [-0.1, -0.05) is 41.4 Å². The van der Waals surface area contributed by atoms with Crippen molar-refractivity contribution in [2.24, 2.45) is 0 Å². The van der Waals surface area contributed by atoms with Crippen LogP contribution in [0.25, 0.3) is 16.6 Å². The van der Waals surface area contributed by atoms with Gasteiger partial charge >= 0.3 is 18.3 Å². The Morgan fingerprint density at radius 1 is 0.947 bits per heavy atom. The summed E-state index contributed by atoms with van der Waals surface area (Å²) in [5.74, 6) is -1.31. The van der Waals surface area contributed by atoms with Gasteiger partial charge in [0, 0.05) is 17.1 Å². The molecule has 0 aliphatic heterocycles. The van der Waals surface area contributed by atoms with Gasteiger partial charge in [0.1, 0.15) is 0 Å². The van der Waals surface area contributed by atoms with Gasteiger partial charge in [-0.25, -0.2) is 4.79 Å². The van der Waals surface area contributed by atoms with Crippen LogP contribution in [-0.2, 0) is 16.5 Å². The van der Waals surface area contributed by atoms with E-state index in [9.17, 15) is 31.1 Å². The summed E-state index contributed by atoms with van der Waals surface area (Å²) >= 11 is 12.3. The molecule has 0 aliphatic carbocycles. The molecule has 1 heterocycles. The number of hydrogen-bond acceptors (Lipinski definition) is 3. The Morgan fingerprint density at radius 3 is 2.05 bits per heavy atom. The van der Waals surface area contributed by atoms with E-state index < -0.39 is 45.1 Å². The monoisotopic (exact) mass is 570 g/mol. The smallest absolute Gasteiger partial charge is 0.432 e. The number of ether oxygens (including phenoxy) is 1. The maximum Gasteiger partial charge on any atom is 0.432 e. The summed E-state index contributed by atoms with van der Waals surface area (Å²) in [6.45, 7) is 0.663. The summed E-state index contributed by atoms with van der Waals surface area (Å²) in [5.41, 5.74) is -4.94. The molecule has 4 aromatic rings. The van der Waals surface area contributed by atoms with Gasteiger partial charge in [-0.3, -0.25) is 0 Å². The highest BCUT2D eigenvalue weighted by Gasteiger charge is 2.57. The van der Waals surface area contributed by atoms with Crippen molar-refractivity contribution in [1.29, 1.82) is 5.26 Å². The van der Waals surface area contributed by atoms with Gasteiger partial charge in [-0.05, 0) is 49.4 Å². The molecule has 196 valence electrons. The Bertz CT molecular complexity index is 1560. The zero-order valence-electron chi connectivity index (χ0n) is 19.1. The number of fused-ring (bicyclic) bond motifs is 1. The number of aromatic nitrogens is 1. The molecular formula is C26H14Cl2F6N2O2. The molecule has 4 nitrogen and oxygen atoms in total. The normalized spacial score (nSPS) is 13.7. The Balaban J connectivity index is 1.91. The van der Waals surface area contributed by atoms with Crippen LogP contribution in [0, 0.1) is 11.3 Å². The Morgan fingerprint density at radius 2 is 1.53 bits per heavy atom. The Kier molecular flexibility index (Phi) is 6.89. The third-order valence-corrected chi connectivity index (χ3v) is 6.47. The number of esters is 1. The number of para-hydroxylation sites is 1. The van der Waals surface area contributed by atoms with Crippen LogP contribution in [-0.4, -0.2) is 16.7 Å². The van der Waals surface area contributed by atoms with Crippen molar-refractivity contribution in [3.63, 3.8) is 0 Å². The lowest BCUT2D eigenvalue weighted by Gasteiger charge is -2.31. The van der Waals surface area contributed by atoms with Gasteiger partial charge in [-0.2, -0.15) is 31.6 Å². The highest BCUT2D eigenvalue weighted by Crippen LogP contribution is 2.47. The van der Waals surface area contributed by atoms with Crippen molar-refractivity contribution in [1.82, 2.24) is 4.57 Å². The van der Waals surface area contributed by atoms with Crippen molar-refractivity contribution in [3.8, 4) is 11.8 Å². The molecule has 0 radical (unpaired) electrons. The maximum absolute atomic E-state index is 14.6. The van der Waals surface area contributed by atoms with Crippen molar-refractivity contribution in [2.75, 3.05) is 0 Å². The van der Waals surface area contributed by atoms with E-state index in [2.05, 4.69) is 0 Å². The number of nitriles is 1. The first kappa shape index (κ1) is 27.4. The van der Waals surface area contributed by atoms with Gasteiger partial charge < -0.3 is 9.30 Å². The van der Waals surface area contributed by atoms with Gasteiger partial charge in [0.15, 0.2) is 0 Å². The number of carbonyl (C=O) groups excluding carboxylic acids is 1. The van der Waals surface area contributed by atoms with E-state index >= 15 is 0 Å². The van der Waals surface area contributed by atoms with Crippen molar-refractivity contribution >= 4 is 40.1 Å². The second kappa shape index (κ2) is 9.57. The van der Waals surface area contributed by atoms with Crippen molar-refractivity contribution < 1.29 is 35.9 Å². The average Bonchev–Trinajstić information content (AvgIpc) is 3.22. The fourth-order valence-electron chi connectivity index (χ4n) is 3.89. The maximum atomic E-state index is 14.6. The molecule has 0 aliphatic rings. The van der Waals surface area contributed by atoms with Crippen LogP contribution in [0.1, 0.15) is 34.0 Å². The number of nitrogens with zero attached hydrogens (tertiary/aromatic N) is 2. The summed E-state index contributed by atoms with van der Waals surface area (Å²) in [6.07, 6.45) is -8.91. The molecule has 12 heteroatoms. The highest BCUT2D eigenvalue weighted by atomic mass is 35.5. The van der Waals surface area contributed by atoms with Crippen molar-refractivity contribution in [2.45, 2.75) is 24.9 Å². The minimum absolute atomic E-state index is 0.00742. The standard InChI is InChI=1S/C26H14Cl2F6N2O2/c1-24(26(32,33)34,38-23(37)15-8-6-14(12-35)7-9-15)18-13-36(21-5-3-2-4-17(18)21)22-19(27)10-16(11-20(22)28)25(29,30)31/h2-11,13H,1H3. The number of carbonyl (C=O) groups is 1. The molecule has 1 unspecified atom stereocenters. The zero-order chi connectivity index (χ0) is 28.0. The van der Waals surface area contributed by atoms with Crippen LogP contribution in [0.4, 0.5) is 26.3 Å². The molecule has 1 atom stereocenters. The third kappa shape index (κ3) is 4.79. The van der Waals surface area contributed by atoms with Gasteiger partial charge in [0.25, 0.3) is 0 Å². The van der Waals surface area contributed by atoms with Crippen LogP contribution in [0.3, 0.4) is 0 Å². The van der Waals surface area contributed by atoms with Crippen LogP contribution < -0.4 is 0 Å². The SMILES string of the molecule is CC(OC(=O)c1ccc(C#N)cc1)(c1cn(-c2c(Cl)cc(C(F)(F)F)cc2Cl)c2ccccc12)C(F)(F)F. The molecule has 0 spiro atoms. The summed E-state index contributed by atoms with van der Waals surface area (Å²) in [7, 11) is 0. The molecule has 0 N–H and O–H groups in total. The first-order valence-electron chi connectivity index (χ1n) is 10.6. The van der Waals surface area contributed by atoms with Crippen LogP contribution >= 0.6 is 23.2 Å². The van der Waals surface area contributed by atoms with Gasteiger partial charge in [0.2, 0.25) is 5.60 Å². The molecule has 0 saturated heterocycles. The lowest BCUT2D eigenvalue weighted by Crippen LogP contribution is -2.43. The molecule has 4 rings (SSSR count). The Labute approximate surface area is 221 Å². The second-order valence-electron chi connectivity index (χ2n) is 8.33. The quantitative estimate of drug-likeness (QED) is 0.183. The zero-order valence-corrected chi connectivity index (χ0v) is 20.6. The minimum atomic E-state index is -5.13. The first-order chi connectivity index (χ1) is 17.7. The molecule has 38 heavy (non-hydrogen) atoms. The minimum Gasteiger partial charge on any atom is -0.441 e. The van der Waals surface area contributed by atoms with E-state index in [1.54, 1.807) is 0 Å². The average molecular weight is 571 g/mol. The largest absolute Gasteiger partial charge is 0.441 e. The lowest BCUT2D eigenvalue weighted by atomic mass is 9.94. The van der Waals surface area contributed by atoms with E-state index in [4.69, 9.17) is 33.2 Å². The summed E-state index contributed by atoms with van der Waals surface area (Å²) < 4.78 is 89.5. The molecule has 0 saturated carbocycles. The number of hydrogen-bond donors (Lipinski definition) is 0. The number of halogens is 8. The van der Waals surface area contributed by atoms with Crippen LogP contribution in [0.5, 0.6) is 0 Å². The number of rotatable bonds is 4. The fourth-order valence-corrected chi connectivity index (χ4v) is 4.56. The summed E-state index contributed by atoms with van der Waals surface area (Å²) in [4.78, 5) is 12.8. The van der Waals surface area contributed by atoms with E-state index in [0.717, 1.165) is 22.9 Å². The molecule has 0 fully saturated rings. The fraction of sp³-hybridized carbons (Fsp3) is 0.154. The molecular weight excluding hydrogens is 557 g/mol. The topological polar surface area (TPSA) is 55.0 Å². The van der Waals surface area contributed by atoms with Gasteiger partial charge in [-0.15, -0.1) is 0 Å².